The third-order valence-electron chi connectivity index (χ3n) is 3.78. The van der Waals surface area contributed by atoms with E-state index in [0.29, 0.717) is 24.5 Å². The van der Waals surface area contributed by atoms with E-state index in [1.807, 2.05) is 51.1 Å². The summed E-state index contributed by atoms with van der Waals surface area (Å²) in [5.41, 5.74) is 1.70. The number of carbonyl (C=O) groups excluding carboxylic acids is 1. The number of amides is 1. The summed E-state index contributed by atoms with van der Waals surface area (Å²) in [6, 6.07) is 8.78. The van der Waals surface area contributed by atoms with Gasteiger partial charge in [0.1, 0.15) is 6.04 Å². The molecule has 2 N–H and O–H groups in total. The van der Waals surface area contributed by atoms with Gasteiger partial charge in [-0.3, -0.25) is 4.79 Å². The molecule has 2 aromatic rings. The summed E-state index contributed by atoms with van der Waals surface area (Å²) in [5, 5.41) is 11.7. The Morgan fingerprint density at radius 3 is 2.52 bits per heavy atom. The SMILES string of the molecule is Cc1nc(CCC(=O)NC(CC(C)C)C(=O)O)oc1-c1ccccc1. The second kappa shape index (κ2) is 8.46. The molecule has 0 saturated heterocycles. The van der Waals surface area contributed by atoms with Crippen molar-refractivity contribution < 1.29 is 19.1 Å². The van der Waals surface area contributed by atoms with E-state index < -0.39 is 12.0 Å². The van der Waals surface area contributed by atoms with Crippen molar-refractivity contribution in [3.05, 3.63) is 41.9 Å². The minimum absolute atomic E-state index is 0.135. The molecule has 134 valence electrons. The molecule has 6 heteroatoms. The van der Waals surface area contributed by atoms with Gasteiger partial charge in [-0.15, -0.1) is 0 Å². The molecule has 1 amide bonds. The number of carboxylic acid groups (broad SMARTS) is 1. The Hall–Kier alpha value is -2.63. The van der Waals surface area contributed by atoms with E-state index in [2.05, 4.69) is 10.3 Å². The molecule has 1 aromatic carbocycles. The molecule has 6 nitrogen and oxygen atoms in total. The van der Waals surface area contributed by atoms with Crippen LogP contribution in [0.5, 0.6) is 0 Å². The molecule has 0 saturated carbocycles. The summed E-state index contributed by atoms with van der Waals surface area (Å²) >= 11 is 0. The number of carbonyl (C=O) groups is 2. The first kappa shape index (κ1) is 18.7. The lowest BCUT2D eigenvalue weighted by Gasteiger charge is -2.16. The largest absolute Gasteiger partial charge is 0.480 e. The Labute approximate surface area is 147 Å². The number of aromatic nitrogens is 1. The maximum atomic E-state index is 12.0. The number of rotatable bonds is 8. The zero-order valence-corrected chi connectivity index (χ0v) is 14.8. The van der Waals surface area contributed by atoms with E-state index in [0.717, 1.165) is 11.3 Å². The van der Waals surface area contributed by atoms with Gasteiger partial charge in [-0.2, -0.15) is 0 Å². The van der Waals surface area contributed by atoms with E-state index in [-0.39, 0.29) is 18.2 Å². The second-order valence-electron chi connectivity index (χ2n) is 6.48. The van der Waals surface area contributed by atoms with Gasteiger partial charge < -0.3 is 14.8 Å². The highest BCUT2D eigenvalue weighted by molar-refractivity contribution is 5.83. The highest BCUT2D eigenvalue weighted by Gasteiger charge is 2.21. The fourth-order valence-electron chi connectivity index (χ4n) is 2.60. The van der Waals surface area contributed by atoms with Gasteiger partial charge in [-0.25, -0.2) is 9.78 Å². The van der Waals surface area contributed by atoms with E-state index >= 15 is 0 Å². The lowest BCUT2D eigenvalue weighted by atomic mass is 10.0. The number of hydrogen-bond acceptors (Lipinski definition) is 4. The summed E-state index contributed by atoms with van der Waals surface area (Å²) in [4.78, 5) is 27.6. The Balaban J connectivity index is 1.95. The molecule has 0 aliphatic rings. The monoisotopic (exact) mass is 344 g/mol. The number of aryl methyl sites for hydroxylation is 2. The van der Waals surface area contributed by atoms with Crippen molar-refractivity contribution in [2.24, 2.45) is 5.92 Å². The number of carboxylic acids is 1. The van der Waals surface area contributed by atoms with Gasteiger partial charge in [0.25, 0.3) is 0 Å². The molecule has 1 atom stereocenters. The van der Waals surface area contributed by atoms with Crippen LogP contribution in [-0.2, 0) is 16.0 Å². The Morgan fingerprint density at radius 2 is 1.92 bits per heavy atom. The normalized spacial score (nSPS) is 12.2. The molecular formula is C19H24N2O4. The summed E-state index contributed by atoms with van der Waals surface area (Å²) in [6.45, 7) is 5.70. The van der Waals surface area contributed by atoms with E-state index in [9.17, 15) is 14.7 Å². The molecule has 25 heavy (non-hydrogen) atoms. The number of nitrogens with zero attached hydrogens (tertiary/aromatic N) is 1. The lowest BCUT2D eigenvalue weighted by molar-refractivity contribution is -0.142. The Kier molecular flexibility index (Phi) is 6.33. The van der Waals surface area contributed by atoms with E-state index in [1.165, 1.54) is 0 Å². The number of hydrogen-bond donors (Lipinski definition) is 2. The molecule has 1 unspecified atom stereocenters. The first-order valence-electron chi connectivity index (χ1n) is 8.40. The van der Waals surface area contributed by atoms with Crippen LogP contribution in [0.25, 0.3) is 11.3 Å². The maximum Gasteiger partial charge on any atom is 0.326 e. The highest BCUT2D eigenvalue weighted by atomic mass is 16.4. The summed E-state index contributed by atoms with van der Waals surface area (Å²) in [7, 11) is 0. The van der Waals surface area contributed by atoms with Gasteiger partial charge >= 0.3 is 5.97 Å². The Morgan fingerprint density at radius 1 is 1.24 bits per heavy atom. The van der Waals surface area contributed by atoms with Crippen LogP contribution >= 0.6 is 0 Å². The van der Waals surface area contributed by atoms with Crippen LogP contribution < -0.4 is 5.32 Å². The predicted octanol–water partition coefficient (Wildman–Crippen LogP) is 3.20. The van der Waals surface area contributed by atoms with Gasteiger partial charge in [0.05, 0.1) is 5.69 Å². The molecule has 1 aromatic heterocycles. The van der Waals surface area contributed by atoms with Crippen LogP contribution in [0.15, 0.2) is 34.7 Å². The Bertz CT molecular complexity index is 722. The third-order valence-corrected chi connectivity index (χ3v) is 3.78. The van der Waals surface area contributed by atoms with Crippen molar-refractivity contribution in [2.75, 3.05) is 0 Å². The van der Waals surface area contributed by atoms with Gasteiger partial charge in [0, 0.05) is 18.4 Å². The highest BCUT2D eigenvalue weighted by Crippen LogP contribution is 2.24. The molecule has 1 heterocycles. The minimum Gasteiger partial charge on any atom is -0.480 e. The van der Waals surface area contributed by atoms with Gasteiger partial charge in [-0.05, 0) is 19.3 Å². The van der Waals surface area contributed by atoms with Crippen LogP contribution in [0.3, 0.4) is 0 Å². The van der Waals surface area contributed by atoms with Crippen LogP contribution in [0.1, 0.15) is 38.3 Å². The number of aliphatic carboxylic acids is 1. The predicted molar refractivity (Wildman–Crippen MR) is 94.0 cm³/mol. The van der Waals surface area contributed by atoms with Crippen molar-refractivity contribution in [3.8, 4) is 11.3 Å². The topological polar surface area (TPSA) is 92.4 Å². The number of benzene rings is 1. The lowest BCUT2D eigenvalue weighted by Crippen LogP contribution is -2.41. The molecule has 2 rings (SSSR count). The van der Waals surface area contributed by atoms with E-state index in [1.54, 1.807) is 0 Å². The standard InChI is InChI=1S/C19H24N2O4/c1-12(2)11-15(19(23)24)21-16(22)9-10-17-20-13(3)18(25-17)14-7-5-4-6-8-14/h4-8,12,15H,9-11H2,1-3H3,(H,21,22)(H,23,24). The van der Waals surface area contributed by atoms with Crippen molar-refractivity contribution in [1.29, 1.82) is 0 Å². The molecule has 0 aliphatic carbocycles. The third kappa shape index (κ3) is 5.45. The zero-order chi connectivity index (χ0) is 18.4. The fourth-order valence-corrected chi connectivity index (χ4v) is 2.60. The molecule has 0 spiro atoms. The maximum absolute atomic E-state index is 12.0. The van der Waals surface area contributed by atoms with Crippen LogP contribution in [0.4, 0.5) is 0 Å². The smallest absolute Gasteiger partial charge is 0.326 e. The molecular weight excluding hydrogens is 320 g/mol. The number of oxazole rings is 1. The first-order valence-corrected chi connectivity index (χ1v) is 8.40. The molecule has 0 fully saturated rings. The van der Waals surface area contributed by atoms with E-state index in [4.69, 9.17) is 4.42 Å². The summed E-state index contributed by atoms with van der Waals surface area (Å²) < 4.78 is 5.76. The molecule has 0 aliphatic heterocycles. The van der Waals surface area contributed by atoms with Crippen LogP contribution in [0.2, 0.25) is 0 Å². The van der Waals surface area contributed by atoms with Crippen molar-refractivity contribution in [3.63, 3.8) is 0 Å². The molecule has 0 radical (unpaired) electrons. The fraction of sp³-hybridized carbons (Fsp3) is 0.421. The first-order chi connectivity index (χ1) is 11.9. The van der Waals surface area contributed by atoms with Crippen molar-refractivity contribution >= 4 is 11.9 Å². The van der Waals surface area contributed by atoms with Gasteiger partial charge in [-0.1, -0.05) is 44.2 Å². The second-order valence-corrected chi connectivity index (χ2v) is 6.48. The van der Waals surface area contributed by atoms with Crippen molar-refractivity contribution in [1.82, 2.24) is 10.3 Å². The average molecular weight is 344 g/mol. The van der Waals surface area contributed by atoms with Crippen LogP contribution in [0, 0.1) is 12.8 Å². The number of nitrogens with one attached hydrogen (secondary N) is 1. The summed E-state index contributed by atoms with van der Waals surface area (Å²) in [6.07, 6.45) is 0.862. The summed E-state index contributed by atoms with van der Waals surface area (Å²) in [5.74, 6) is 0.0243. The van der Waals surface area contributed by atoms with Gasteiger partial charge in [0.2, 0.25) is 5.91 Å². The van der Waals surface area contributed by atoms with Crippen LogP contribution in [-0.4, -0.2) is 28.0 Å². The van der Waals surface area contributed by atoms with Crippen molar-refractivity contribution in [2.45, 2.75) is 46.1 Å². The average Bonchev–Trinajstić information content (AvgIpc) is 2.93. The molecule has 0 bridgehead atoms. The minimum atomic E-state index is -1.01. The zero-order valence-electron chi connectivity index (χ0n) is 14.8. The quantitative estimate of drug-likeness (QED) is 0.767. The van der Waals surface area contributed by atoms with Gasteiger partial charge in [0.15, 0.2) is 11.7 Å².